The van der Waals surface area contributed by atoms with Crippen molar-refractivity contribution in [2.75, 3.05) is 11.9 Å². The van der Waals surface area contributed by atoms with Gasteiger partial charge in [-0.2, -0.15) is 4.98 Å². The monoisotopic (exact) mass is 211 g/mol. The number of aromatic nitrogens is 2. The SMILES string of the molecule is CCOc1cncc(NC(C)C(=O)O)n1. The number of nitrogens with zero attached hydrogens (tertiary/aromatic N) is 2. The van der Waals surface area contributed by atoms with Crippen LogP contribution in [-0.4, -0.2) is 33.7 Å². The second-order valence-corrected chi connectivity index (χ2v) is 2.88. The molecule has 0 fully saturated rings. The van der Waals surface area contributed by atoms with Gasteiger partial charge in [-0.05, 0) is 13.8 Å². The van der Waals surface area contributed by atoms with Crippen LogP contribution in [0, 0.1) is 0 Å². The van der Waals surface area contributed by atoms with Gasteiger partial charge in [0.2, 0.25) is 5.88 Å². The summed E-state index contributed by atoms with van der Waals surface area (Å²) in [6.45, 7) is 3.85. The van der Waals surface area contributed by atoms with Gasteiger partial charge in [0.25, 0.3) is 0 Å². The van der Waals surface area contributed by atoms with Crippen LogP contribution in [-0.2, 0) is 4.79 Å². The lowest BCUT2D eigenvalue weighted by molar-refractivity contribution is -0.137. The molecule has 1 atom stereocenters. The lowest BCUT2D eigenvalue weighted by Gasteiger charge is -2.10. The Morgan fingerprint density at radius 1 is 1.67 bits per heavy atom. The standard InChI is InChI=1S/C9H13N3O3/c1-3-15-8-5-10-4-7(12-8)11-6(2)9(13)14/h4-6H,3H2,1-2H3,(H,11,12)(H,13,14). The number of hydrogen-bond acceptors (Lipinski definition) is 5. The van der Waals surface area contributed by atoms with E-state index in [4.69, 9.17) is 9.84 Å². The first-order chi connectivity index (χ1) is 7.13. The Balaban J connectivity index is 2.68. The van der Waals surface area contributed by atoms with Crippen molar-refractivity contribution in [2.24, 2.45) is 0 Å². The van der Waals surface area contributed by atoms with Crippen molar-refractivity contribution in [2.45, 2.75) is 19.9 Å². The molecule has 1 unspecified atom stereocenters. The molecular formula is C9H13N3O3. The first kappa shape index (κ1) is 11.2. The Bertz CT molecular complexity index is 343. The summed E-state index contributed by atoms with van der Waals surface area (Å²) in [4.78, 5) is 18.5. The van der Waals surface area contributed by atoms with Gasteiger partial charge in [-0.3, -0.25) is 9.78 Å². The average Bonchev–Trinajstić information content (AvgIpc) is 2.18. The van der Waals surface area contributed by atoms with E-state index in [1.807, 2.05) is 6.92 Å². The first-order valence-corrected chi connectivity index (χ1v) is 4.57. The Kier molecular flexibility index (Phi) is 3.84. The maximum Gasteiger partial charge on any atom is 0.325 e. The molecule has 0 spiro atoms. The van der Waals surface area contributed by atoms with Crippen LogP contribution in [0.1, 0.15) is 13.8 Å². The number of ether oxygens (including phenoxy) is 1. The predicted octanol–water partition coefficient (Wildman–Crippen LogP) is 0.760. The van der Waals surface area contributed by atoms with E-state index in [-0.39, 0.29) is 0 Å². The number of carboxylic acids is 1. The molecule has 0 aliphatic rings. The molecule has 1 aromatic rings. The lowest BCUT2D eigenvalue weighted by Crippen LogP contribution is -2.25. The Morgan fingerprint density at radius 2 is 2.40 bits per heavy atom. The van der Waals surface area contributed by atoms with Gasteiger partial charge in [-0.25, -0.2) is 0 Å². The summed E-state index contributed by atoms with van der Waals surface area (Å²) < 4.78 is 5.13. The van der Waals surface area contributed by atoms with Crippen LogP contribution in [0.2, 0.25) is 0 Å². The van der Waals surface area contributed by atoms with Crippen molar-refractivity contribution in [1.82, 2.24) is 9.97 Å². The van der Waals surface area contributed by atoms with E-state index in [1.165, 1.54) is 19.3 Å². The van der Waals surface area contributed by atoms with E-state index in [9.17, 15) is 4.79 Å². The zero-order valence-electron chi connectivity index (χ0n) is 8.60. The maximum absolute atomic E-state index is 10.6. The van der Waals surface area contributed by atoms with Crippen LogP contribution in [0.4, 0.5) is 5.82 Å². The third kappa shape index (κ3) is 3.41. The fraction of sp³-hybridized carbons (Fsp3) is 0.444. The topological polar surface area (TPSA) is 84.3 Å². The number of carbonyl (C=O) groups is 1. The van der Waals surface area contributed by atoms with Crippen molar-refractivity contribution in [3.05, 3.63) is 12.4 Å². The number of anilines is 1. The van der Waals surface area contributed by atoms with Crippen LogP contribution < -0.4 is 10.1 Å². The summed E-state index contributed by atoms with van der Waals surface area (Å²) in [5, 5.41) is 11.4. The molecule has 1 heterocycles. The molecule has 6 heteroatoms. The zero-order valence-corrected chi connectivity index (χ0v) is 8.60. The quantitative estimate of drug-likeness (QED) is 0.748. The van der Waals surface area contributed by atoms with E-state index < -0.39 is 12.0 Å². The lowest BCUT2D eigenvalue weighted by atomic mass is 10.3. The van der Waals surface area contributed by atoms with Gasteiger partial charge in [-0.1, -0.05) is 0 Å². The highest BCUT2D eigenvalue weighted by molar-refractivity contribution is 5.76. The van der Waals surface area contributed by atoms with E-state index in [2.05, 4.69) is 15.3 Å². The van der Waals surface area contributed by atoms with Crippen LogP contribution in [0.25, 0.3) is 0 Å². The molecule has 0 amide bonds. The Labute approximate surface area is 87.3 Å². The van der Waals surface area contributed by atoms with Crippen molar-refractivity contribution in [3.63, 3.8) is 0 Å². The van der Waals surface area contributed by atoms with Crippen LogP contribution in [0.15, 0.2) is 12.4 Å². The van der Waals surface area contributed by atoms with Crippen LogP contribution in [0.3, 0.4) is 0 Å². The molecule has 6 nitrogen and oxygen atoms in total. The second kappa shape index (κ2) is 5.14. The summed E-state index contributed by atoms with van der Waals surface area (Å²) in [5.74, 6) is -0.186. The van der Waals surface area contributed by atoms with E-state index >= 15 is 0 Å². The van der Waals surface area contributed by atoms with Gasteiger partial charge < -0.3 is 15.2 Å². The predicted molar refractivity (Wildman–Crippen MR) is 53.9 cm³/mol. The minimum absolute atomic E-state index is 0.375. The summed E-state index contributed by atoms with van der Waals surface area (Å²) >= 11 is 0. The number of carboxylic acid groups (broad SMARTS) is 1. The van der Waals surface area contributed by atoms with E-state index in [1.54, 1.807) is 0 Å². The minimum Gasteiger partial charge on any atom is -0.480 e. The molecule has 0 aromatic carbocycles. The smallest absolute Gasteiger partial charge is 0.325 e. The van der Waals surface area contributed by atoms with Gasteiger partial charge in [0, 0.05) is 0 Å². The molecule has 82 valence electrons. The molecule has 1 rings (SSSR count). The number of rotatable bonds is 5. The van der Waals surface area contributed by atoms with Gasteiger partial charge >= 0.3 is 5.97 Å². The third-order valence-corrected chi connectivity index (χ3v) is 1.64. The highest BCUT2D eigenvalue weighted by Gasteiger charge is 2.11. The summed E-state index contributed by atoms with van der Waals surface area (Å²) in [5.41, 5.74) is 0. The van der Waals surface area contributed by atoms with E-state index in [0.717, 1.165) is 0 Å². The number of nitrogens with one attached hydrogen (secondary N) is 1. The molecule has 0 aliphatic heterocycles. The van der Waals surface area contributed by atoms with Gasteiger partial charge in [0.05, 0.1) is 19.0 Å². The normalized spacial score (nSPS) is 11.9. The molecule has 0 radical (unpaired) electrons. The van der Waals surface area contributed by atoms with E-state index in [0.29, 0.717) is 18.3 Å². The molecular weight excluding hydrogens is 198 g/mol. The van der Waals surface area contributed by atoms with Gasteiger partial charge in [-0.15, -0.1) is 0 Å². The Morgan fingerprint density at radius 3 is 3.00 bits per heavy atom. The maximum atomic E-state index is 10.6. The highest BCUT2D eigenvalue weighted by Crippen LogP contribution is 2.09. The van der Waals surface area contributed by atoms with Crippen molar-refractivity contribution in [1.29, 1.82) is 0 Å². The van der Waals surface area contributed by atoms with Gasteiger partial charge in [0.15, 0.2) is 0 Å². The number of hydrogen-bond donors (Lipinski definition) is 2. The van der Waals surface area contributed by atoms with Crippen LogP contribution >= 0.6 is 0 Å². The highest BCUT2D eigenvalue weighted by atomic mass is 16.5. The number of aliphatic carboxylic acids is 1. The van der Waals surface area contributed by atoms with Gasteiger partial charge in [0.1, 0.15) is 11.9 Å². The summed E-state index contributed by atoms with van der Waals surface area (Å²) in [6, 6.07) is -0.712. The first-order valence-electron chi connectivity index (χ1n) is 4.57. The molecule has 15 heavy (non-hydrogen) atoms. The largest absolute Gasteiger partial charge is 0.480 e. The molecule has 2 N–H and O–H groups in total. The van der Waals surface area contributed by atoms with Crippen molar-refractivity contribution >= 4 is 11.8 Å². The molecule has 1 aromatic heterocycles. The zero-order chi connectivity index (χ0) is 11.3. The summed E-state index contributed by atoms with van der Waals surface area (Å²) in [6.07, 6.45) is 2.92. The second-order valence-electron chi connectivity index (χ2n) is 2.88. The fourth-order valence-corrected chi connectivity index (χ4v) is 0.919. The molecule has 0 saturated carbocycles. The molecule has 0 bridgehead atoms. The van der Waals surface area contributed by atoms with Crippen LogP contribution in [0.5, 0.6) is 5.88 Å². The molecule has 0 aliphatic carbocycles. The summed E-state index contributed by atoms with van der Waals surface area (Å²) in [7, 11) is 0. The fourth-order valence-electron chi connectivity index (χ4n) is 0.919. The minimum atomic E-state index is -0.946. The average molecular weight is 211 g/mol. The van der Waals surface area contributed by atoms with Crippen molar-refractivity contribution in [3.8, 4) is 5.88 Å². The van der Waals surface area contributed by atoms with Crippen molar-refractivity contribution < 1.29 is 14.6 Å². The molecule has 0 saturated heterocycles. The third-order valence-electron chi connectivity index (χ3n) is 1.64. The Hall–Kier alpha value is -1.85.